The molecule has 1 aromatic heterocycles. The van der Waals surface area contributed by atoms with Crippen LogP contribution in [-0.2, 0) is 13.2 Å². The molecular weight excluding hydrogens is 258 g/mol. The van der Waals surface area contributed by atoms with Crippen LogP contribution in [0.4, 0.5) is 0 Å². The van der Waals surface area contributed by atoms with Gasteiger partial charge in [0.15, 0.2) is 0 Å². The second-order valence-corrected chi connectivity index (χ2v) is 5.89. The van der Waals surface area contributed by atoms with Gasteiger partial charge >= 0.3 is 0 Å². The summed E-state index contributed by atoms with van der Waals surface area (Å²) in [6, 6.07) is 17.1. The molecule has 3 rings (SSSR count). The molecule has 1 N–H and O–H groups in total. The van der Waals surface area contributed by atoms with E-state index < -0.39 is 0 Å². The average Bonchev–Trinajstić information content (AvgIpc) is 2.90. The van der Waals surface area contributed by atoms with Crippen molar-refractivity contribution in [3.63, 3.8) is 0 Å². The van der Waals surface area contributed by atoms with Gasteiger partial charge < -0.3 is 9.67 Å². The number of aromatic nitrogens is 1. The molecule has 0 atom stereocenters. The SMILES string of the molecule is CC(C)c1ccc(Cn2ccc3ccc(CO)cc32)cc1. The molecule has 0 fully saturated rings. The van der Waals surface area contributed by atoms with Crippen molar-refractivity contribution in [1.82, 2.24) is 4.57 Å². The van der Waals surface area contributed by atoms with Gasteiger partial charge in [-0.15, -0.1) is 0 Å². The Bertz CT molecular complexity index is 738. The summed E-state index contributed by atoms with van der Waals surface area (Å²) >= 11 is 0. The van der Waals surface area contributed by atoms with E-state index in [0.717, 1.165) is 12.1 Å². The first-order chi connectivity index (χ1) is 10.2. The first-order valence-corrected chi connectivity index (χ1v) is 7.45. The maximum absolute atomic E-state index is 9.29. The summed E-state index contributed by atoms with van der Waals surface area (Å²) in [5.74, 6) is 0.568. The molecule has 2 aromatic carbocycles. The molecule has 1 heterocycles. The minimum absolute atomic E-state index is 0.0875. The molecule has 0 aliphatic heterocycles. The minimum atomic E-state index is 0.0875. The first kappa shape index (κ1) is 13.9. The van der Waals surface area contributed by atoms with E-state index >= 15 is 0 Å². The monoisotopic (exact) mass is 279 g/mol. The van der Waals surface area contributed by atoms with Crippen molar-refractivity contribution in [2.45, 2.75) is 32.9 Å². The molecule has 0 spiro atoms. The Morgan fingerprint density at radius 1 is 0.952 bits per heavy atom. The molecule has 0 radical (unpaired) electrons. The van der Waals surface area contributed by atoms with Gasteiger partial charge in [-0.3, -0.25) is 0 Å². The molecule has 21 heavy (non-hydrogen) atoms. The molecule has 2 heteroatoms. The van der Waals surface area contributed by atoms with Crippen LogP contribution in [0.3, 0.4) is 0 Å². The number of aliphatic hydroxyl groups excluding tert-OH is 1. The lowest BCUT2D eigenvalue weighted by molar-refractivity contribution is 0.282. The summed E-state index contributed by atoms with van der Waals surface area (Å²) in [5.41, 5.74) is 4.80. The summed E-state index contributed by atoms with van der Waals surface area (Å²) in [7, 11) is 0. The maximum Gasteiger partial charge on any atom is 0.0682 e. The van der Waals surface area contributed by atoms with Crippen LogP contribution in [0.25, 0.3) is 10.9 Å². The molecule has 0 aliphatic rings. The third-order valence-electron chi connectivity index (χ3n) is 4.02. The summed E-state index contributed by atoms with van der Waals surface area (Å²) in [4.78, 5) is 0. The molecule has 0 saturated heterocycles. The molecule has 108 valence electrons. The Hall–Kier alpha value is -2.06. The van der Waals surface area contributed by atoms with E-state index in [1.807, 2.05) is 6.07 Å². The quantitative estimate of drug-likeness (QED) is 0.756. The van der Waals surface area contributed by atoms with Crippen LogP contribution in [0, 0.1) is 0 Å². The number of hydrogen-bond donors (Lipinski definition) is 1. The second kappa shape index (κ2) is 5.74. The van der Waals surface area contributed by atoms with Crippen molar-refractivity contribution in [3.05, 3.63) is 71.4 Å². The van der Waals surface area contributed by atoms with Gasteiger partial charge in [-0.05, 0) is 40.1 Å². The van der Waals surface area contributed by atoms with E-state index in [-0.39, 0.29) is 6.61 Å². The van der Waals surface area contributed by atoms with Gasteiger partial charge in [-0.25, -0.2) is 0 Å². The molecule has 0 saturated carbocycles. The van der Waals surface area contributed by atoms with Crippen LogP contribution in [0.2, 0.25) is 0 Å². The van der Waals surface area contributed by atoms with E-state index in [1.54, 1.807) is 0 Å². The Morgan fingerprint density at radius 3 is 2.33 bits per heavy atom. The van der Waals surface area contributed by atoms with Gasteiger partial charge in [-0.1, -0.05) is 50.2 Å². The van der Waals surface area contributed by atoms with Crippen molar-refractivity contribution in [2.75, 3.05) is 0 Å². The van der Waals surface area contributed by atoms with Crippen molar-refractivity contribution < 1.29 is 5.11 Å². The van der Waals surface area contributed by atoms with Crippen LogP contribution in [-0.4, -0.2) is 9.67 Å². The highest BCUT2D eigenvalue weighted by Crippen LogP contribution is 2.20. The fourth-order valence-electron chi connectivity index (χ4n) is 2.67. The van der Waals surface area contributed by atoms with E-state index in [4.69, 9.17) is 0 Å². The molecular formula is C19H21NO. The van der Waals surface area contributed by atoms with Crippen molar-refractivity contribution in [2.24, 2.45) is 0 Å². The highest BCUT2D eigenvalue weighted by atomic mass is 16.3. The van der Waals surface area contributed by atoms with Crippen molar-refractivity contribution in [1.29, 1.82) is 0 Å². The van der Waals surface area contributed by atoms with E-state index in [1.165, 1.54) is 22.0 Å². The summed E-state index contributed by atoms with van der Waals surface area (Å²) in [6.45, 7) is 5.37. The molecule has 3 aromatic rings. The number of benzene rings is 2. The lowest BCUT2D eigenvalue weighted by Crippen LogP contribution is -1.99. The Morgan fingerprint density at radius 2 is 1.67 bits per heavy atom. The Balaban J connectivity index is 1.90. The summed E-state index contributed by atoms with van der Waals surface area (Å²) < 4.78 is 2.23. The Kier molecular flexibility index (Phi) is 3.80. The zero-order valence-corrected chi connectivity index (χ0v) is 12.6. The fraction of sp³-hybridized carbons (Fsp3) is 0.263. The predicted octanol–water partition coefficient (Wildman–Crippen LogP) is 4.31. The smallest absolute Gasteiger partial charge is 0.0682 e. The van der Waals surface area contributed by atoms with E-state index in [0.29, 0.717) is 5.92 Å². The van der Waals surface area contributed by atoms with Crippen molar-refractivity contribution in [3.8, 4) is 0 Å². The van der Waals surface area contributed by atoms with Crippen LogP contribution >= 0.6 is 0 Å². The van der Waals surface area contributed by atoms with Crippen LogP contribution in [0.5, 0.6) is 0 Å². The molecule has 2 nitrogen and oxygen atoms in total. The van der Waals surface area contributed by atoms with E-state index in [2.05, 4.69) is 67.1 Å². The van der Waals surface area contributed by atoms with Gasteiger partial charge in [-0.2, -0.15) is 0 Å². The zero-order valence-electron chi connectivity index (χ0n) is 12.6. The fourth-order valence-corrected chi connectivity index (χ4v) is 2.67. The first-order valence-electron chi connectivity index (χ1n) is 7.45. The van der Waals surface area contributed by atoms with Gasteiger partial charge in [0.1, 0.15) is 0 Å². The average molecular weight is 279 g/mol. The number of hydrogen-bond acceptors (Lipinski definition) is 1. The third kappa shape index (κ3) is 2.86. The normalized spacial score (nSPS) is 11.4. The van der Waals surface area contributed by atoms with Gasteiger partial charge in [0, 0.05) is 18.3 Å². The topological polar surface area (TPSA) is 25.2 Å². The Labute approximate surface area is 125 Å². The largest absolute Gasteiger partial charge is 0.392 e. The zero-order chi connectivity index (χ0) is 14.8. The van der Waals surface area contributed by atoms with Crippen LogP contribution in [0.1, 0.15) is 36.5 Å². The highest BCUT2D eigenvalue weighted by Gasteiger charge is 2.04. The molecule has 0 bridgehead atoms. The minimum Gasteiger partial charge on any atom is -0.392 e. The van der Waals surface area contributed by atoms with Crippen LogP contribution in [0.15, 0.2) is 54.7 Å². The second-order valence-electron chi connectivity index (χ2n) is 5.89. The standard InChI is InChI=1S/C19H21NO/c1-14(2)17-6-3-15(4-7-17)12-20-10-9-18-8-5-16(13-21)11-19(18)20/h3-11,14,21H,12-13H2,1-2H3. The third-order valence-corrected chi connectivity index (χ3v) is 4.02. The number of fused-ring (bicyclic) bond motifs is 1. The highest BCUT2D eigenvalue weighted by molar-refractivity contribution is 5.80. The van der Waals surface area contributed by atoms with Gasteiger partial charge in [0.05, 0.1) is 6.61 Å². The predicted molar refractivity (Wildman–Crippen MR) is 87.5 cm³/mol. The summed E-state index contributed by atoms with van der Waals surface area (Å²) in [5, 5.41) is 10.5. The molecule has 0 unspecified atom stereocenters. The van der Waals surface area contributed by atoms with Gasteiger partial charge in [0.25, 0.3) is 0 Å². The van der Waals surface area contributed by atoms with E-state index in [9.17, 15) is 5.11 Å². The maximum atomic E-state index is 9.29. The number of aliphatic hydroxyl groups is 1. The number of nitrogens with zero attached hydrogens (tertiary/aromatic N) is 1. The molecule has 0 aliphatic carbocycles. The summed E-state index contributed by atoms with van der Waals surface area (Å²) in [6.07, 6.45) is 2.11. The van der Waals surface area contributed by atoms with Crippen LogP contribution < -0.4 is 0 Å². The number of rotatable bonds is 4. The molecule has 0 amide bonds. The lowest BCUT2D eigenvalue weighted by Gasteiger charge is -2.09. The van der Waals surface area contributed by atoms with Gasteiger partial charge in [0.2, 0.25) is 0 Å². The lowest BCUT2D eigenvalue weighted by atomic mass is 10.0. The van der Waals surface area contributed by atoms with Crippen molar-refractivity contribution >= 4 is 10.9 Å².